The van der Waals surface area contributed by atoms with Gasteiger partial charge in [-0.1, -0.05) is 25.3 Å². The minimum atomic E-state index is -0.428. The van der Waals surface area contributed by atoms with Gasteiger partial charge in [-0.05, 0) is 31.9 Å². The summed E-state index contributed by atoms with van der Waals surface area (Å²) in [4.78, 5) is 14.5. The minimum absolute atomic E-state index is 0.0206. The molecule has 0 radical (unpaired) electrons. The van der Waals surface area contributed by atoms with Gasteiger partial charge >= 0.3 is 5.97 Å². The molecule has 4 heteroatoms. The number of carbonyl (C=O) groups is 1. The van der Waals surface area contributed by atoms with E-state index in [1.807, 2.05) is 6.92 Å². The molecule has 1 fully saturated rings. The van der Waals surface area contributed by atoms with Crippen molar-refractivity contribution in [2.24, 2.45) is 5.92 Å². The van der Waals surface area contributed by atoms with Crippen LogP contribution < -0.4 is 0 Å². The molecule has 0 amide bonds. The highest BCUT2D eigenvalue weighted by molar-refractivity contribution is 5.72. The molecule has 0 spiro atoms. The summed E-state index contributed by atoms with van der Waals surface area (Å²) in [5, 5.41) is 0. The van der Waals surface area contributed by atoms with E-state index in [0.717, 1.165) is 12.8 Å². The lowest BCUT2D eigenvalue weighted by Crippen LogP contribution is -2.20. The Bertz CT molecular complexity index is 337. The average Bonchev–Trinajstić information content (AvgIpc) is 2.42. The van der Waals surface area contributed by atoms with Crippen LogP contribution in [0.3, 0.4) is 0 Å². The van der Waals surface area contributed by atoms with E-state index in [1.165, 1.54) is 31.5 Å². The van der Waals surface area contributed by atoms with Gasteiger partial charge in [0, 0.05) is 6.20 Å². The zero-order valence-electron chi connectivity index (χ0n) is 10.8. The predicted octanol–water partition coefficient (Wildman–Crippen LogP) is 3.35. The summed E-state index contributed by atoms with van der Waals surface area (Å²) < 4.78 is 16.7. The van der Waals surface area contributed by atoms with Crippen LogP contribution in [0, 0.1) is 11.9 Å². The fourth-order valence-corrected chi connectivity index (χ4v) is 1.94. The van der Waals surface area contributed by atoms with E-state index < -0.39 is 5.95 Å². The number of ether oxygens (including phenoxy) is 1. The summed E-state index contributed by atoms with van der Waals surface area (Å²) in [6.45, 7) is 2.38. The lowest BCUT2D eigenvalue weighted by Gasteiger charge is -2.19. The lowest BCUT2D eigenvalue weighted by molar-refractivity contribution is -0.149. The molecule has 0 N–H and O–H groups in total. The molecular formula is C14H20FNO2. The van der Waals surface area contributed by atoms with E-state index >= 15 is 0 Å². The molecule has 0 bridgehead atoms. The highest BCUT2D eigenvalue weighted by Crippen LogP contribution is 2.24. The number of rotatable bonds is 2. The van der Waals surface area contributed by atoms with Gasteiger partial charge in [-0.25, -0.2) is 4.98 Å². The molecule has 18 heavy (non-hydrogen) atoms. The molecule has 0 aliphatic heterocycles. The molecule has 0 saturated heterocycles. The van der Waals surface area contributed by atoms with Crippen LogP contribution in [-0.2, 0) is 9.53 Å². The highest BCUT2D eigenvalue weighted by atomic mass is 19.1. The van der Waals surface area contributed by atoms with E-state index in [1.54, 1.807) is 12.1 Å². The molecule has 1 heterocycles. The largest absolute Gasteiger partial charge is 0.466 e. The quantitative estimate of drug-likeness (QED) is 0.599. The fourth-order valence-electron chi connectivity index (χ4n) is 1.94. The van der Waals surface area contributed by atoms with Crippen LogP contribution in [0.25, 0.3) is 0 Å². The topological polar surface area (TPSA) is 39.2 Å². The van der Waals surface area contributed by atoms with Crippen LogP contribution in [0.2, 0.25) is 0 Å². The Morgan fingerprint density at radius 2 is 2.11 bits per heavy atom. The third-order valence-electron chi connectivity index (χ3n) is 2.85. The van der Waals surface area contributed by atoms with Crippen molar-refractivity contribution in [1.82, 2.24) is 4.98 Å². The number of hydrogen-bond acceptors (Lipinski definition) is 3. The Hall–Kier alpha value is -1.45. The second kappa shape index (κ2) is 8.61. The number of aromatic nitrogens is 1. The zero-order chi connectivity index (χ0) is 13.2. The van der Waals surface area contributed by atoms with E-state index in [-0.39, 0.29) is 11.9 Å². The van der Waals surface area contributed by atoms with E-state index in [0.29, 0.717) is 6.61 Å². The maximum absolute atomic E-state index is 11.8. The van der Waals surface area contributed by atoms with E-state index in [9.17, 15) is 9.18 Å². The maximum Gasteiger partial charge on any atom is 0.308 e. The van der Waals surface area contributed by atoms with Crippen molar-refractivity contribution >= 4 is 5.97 Å². The molecule has 1 aromatic heterocycles. The monoisotopic (exact) mass is 253 g/mol. The number of esters is 1. The van der Waals surface area contributed by atoms with Gasteiger partial charge in [-0.2, -0.15) is 4.39 Å². The maximum atomic E-state index is 11.8. The Labute approximate surface area is 107 Å². The second-order valence-corrected chi connectivity index (χ2v) is 4.24. The SMILES string of the molecule is CCOC(=O)C1CCCCC1.Fc1ccccn1. The van der Waals surface area contributed by atoms with Gasteiger partial charge in [-0.15, -0.1) is 0 Å². The summed E-state index contributed by atoms with van der Waals surface area (Å²) in [5.74, 6) is -0.196. The standard InChI is InChI=1S/C9H16O2.C5H4FN/c1-2-11-9(10)8-6-4-3-5-7-8;6-5-3-1-2-4-7-5/h8H,2-7H2,1H3;1-4H. The molecule has 1 aliphatic carbocycles. The second-order valence-electron chi connectivity index (χ2n) is 4.24. The molecule has 0 aromatic carbocycles. The Morgan fingerprint density at radius 1 is 1.39 bits per heavy atom. The lowest BCUT2D eigenvalue weighted by atomic mass is 9.89. The molecule has 0 unspecified atom stereocenters. The van der Waals surface area contributed by atoms with Crippen LogP contribution in [0.15, 0.2) is 24.4 Å². The van der Waals surface area contributed by atoms with Crippen LogP contribution in [0.5, 0.6) is 0 Å². The van der Waals surface area contributed by atoms with Crippen LogP contribution in [0.4, 0.5) is 4.39 Å². The molecule has 3 nitrogen and oxygen atoms in total. The van der Waals surface area contributed by atoms with Gasteiger partial charge in [0.15, 0.2) is 0 Å². The first-order valence-corrected chi connectivity index (χ1v) is 6.47. The molecule has 1 saturated carbocycles. The smallest absolute Gasteiger partial charge is 0.308 e. The van der Waals surface area contributed by atoms with Crippen LogP contribution in [-0.4, -0.2) is 17.6 Å². The molecule has 1 aromatic rings. The summed E-state index contributed by atoms with van der Waals surface area (Å²) in [5.41, 5.74) is 0. The van der Waals surface area contributed by atoms with Crippen molar-refractivity contribution in [3.05, 3.63) is 30.3 Å². The van der Waals surface area contributed by atoms with Crippen LogP contribution in [0.1, 0.15) is 39.0 Å². The Kier molecular flexibility index (Phi) is 6.99. The fraction of sp³-hybridized carbons (Fsp3) is 0.571. The molecule has 100 valence electrons. The van der Waals surface area contributed by atoms with Gasteiger partial charge in [0.05, 0.1) is 12.5 Å². The average molecular weight is 253 g/mol. The summed E-state index contributed by atoms with van der Waals surface area (Å²) in [7, 11) is 0. The van der Waals surface area contributed by atoms with Gasteiger partial charge in [0.25, 0.3) is 0 Å². The van der Waals surface area contributed by atoms with Crippen molar-refractivity contribution < 1.29 is 13.9 Å². The molecular weight excluding hydrogens is 233 g/mol. The molecule has 0 atom stereocenters. The van der Waals surface area contributed by atoms with Gasteiger partial charge in [-0.3, -0.25) is 4.79 Å². The first-order valence-electron chi connectivity index (χ1n) is 6.47. The van der Waals surface area contributed by atoms with Crippen molar-refractivity contribution in [2.45, 2.75) is 39.0 Å². The van der Waals surface area contributed by atoms with Gasteiger partial charge in [0.2, 0.25) is 5.95 Å². The third-order valence-corrected chi connectivity index (χ3v) is 2.85. The molecule has 2 rings (SSSR count). The predicted molar refractivity (Wildman–Crippen MR) is 67.4 cm³/mol. The van der Waals surface area contributed by atoms with Crippen LogP contribution >= 0.6 is 0 Å². The highest BCUT2D eigenvalue weighted by Gasteiger charge is 2.21. The van der Waals surface area contributed by atoms with Gasteiger partial charge in [0.1, 0.15) is 0 Å². The van der Waals surface area contributed by atoms with Crippen molar-refractivity contribution in [3.63, 3.8) is 0 Å². The van der Waals surface area contributed by atoms with Crippen molar-refractivity contribution in [3.8, 4) is 0 Å². The number of pyridine rings is 1. The normalized spacial score (nSPS) is 15.4. The summed E-state index contributed by atoms with van der Waals surface area (Å²) >= 11 is 0. The Balaban J connectivity index is 0.000000199. The number of hydrogen-bond donors (Lipinski definition) is 0. The van der Waals surface area contributed by atoms with Gasteiger partial charge < -0.3 is 4.74 Å². The molecule has 1 aliphatic rings. The van der Waals surface area contributed by atoms with E-state index in [4.69, 9.17) is 4.74 Å². The van der Waals surface area contributed by atoms with Crippen molar-refractivity contribution in [2.75, 3.05) is 6.61 Å². The summed E-state index contributed by atoms with van der Waals surface area (Å²) in [6, 6.07) is 4.57. The minimum Gasteiger partial charge on any atom is -0.466 e. The van der Waals surface area contributed by atoms with Crippen molar-refractivity contribution in [1.29, 1.82) is 0 Å². The summed E-state index contributed by atoms with van der Waals surface area (Å²) in [6.07, 6.45) is 7.18. The number of nitrogens with zero attached hydrogens (tertiary/aromatic N) is 1. The number of halogens is 1. The third kappa shape index (κ3) is 5.75. The van der Waals surface area contributed by atoms with E-state index in [2.05, 4.69) is 4.98 Å². The zero-order valence-corrected chi connectivity index (χ0v) is 10.8. The first-order chi connectivity index (χ1) is 8.74. The number of carbonyl (C=O) groups excluding carboxylic acids is 1. The Morgan fingerprint density at radius 3 is 2.56 bits per heavy atom. The first kappa shape index (κ1) is 14.6.